The van der Waals surface area contributed by atoms with Crippen molar-refractivity contribution in [1.82, 2.24) is 0 Å². The van der Waals surface area contributed by atoms with Crippen LogP contribution in [0.5, 0.6) is 0 Å². The van der Waals surface area contributed by atoms with Gasteiger partial charge in [-0.15, -0.1) is 0 Å². The maximum Gasteiger partial charge on any atom is -0.0273 e. The number of benzene rings is 3. The van der Waals surface area contributed by atoms with E-state index in [9.17, 15) is 0 Å². The van der Waals surface area contributed by atoms with Gasteiger partial charge in [-0.2, -0.15) is 0 Å². The van der Waals surface area contributed by atoms with Crippen LogP contribution < -0.4 is 0 Å². The van der Waals surface area contributed by atoms with E-state index in [-0.39, 0.29) is 0 Å². The highest BCUT2D eigenvalue weighted by atomic mass is 14.1. The van der Waals surface area contributed by atoms with Gasteiger partial charge in [0.15, 0.2) is 0 Å². The molecule has 0 heterocycles. The topological polar surface area (TPSA) is 0 Å². The van der Waals surface area contributed by atoms with E-state index in [0.717, 1.165) is 0 Å². The molecule has 0 N–H and O–H groups in total. The number of rotatable bonds is 0. The Morgan fingerprint density at radius 2 is 0.500 bits per heavy atom. The molecule has 3 aliphatic rings. The minimum absolute atomic E-state index is 1.30. The number of hydrogen-bond acceptors (Lipinski definition) is 0. The lowest BCUT2D eigenvalue weighted by molar-refractivity contribution is 0.685. The summed E-state index contributed by atoms with van der Waals surface area (Å²) in [6, 6.07) is 26.4. The molecule has 3 aromatic rings. The summed E-state index contributed by atoms with van der Waals surface area (Å²) in [5, 5.41) is 0. The summed E-state index contributed by atoms with van der Waals surface area (Å²) in [5.41, 5.74) is 9.47. The molecular formula is C30H36. The summed E-state index contributed by atoms with van der Waals surface area (Å²) in [4.78, 5) is 0. The summed E-state index contributed by atoms with van der Waals surface area (Å²) in [6.45, 7) is 0. The van der Waals surface area contributed by atoms with Crippen molar-refractivity contribution in [1.29, 1.82) is 0 Å². The molecule has 6 rings (SSSR count). The van der Waals surface area contributed by atoms with Crippen LogP contribution in [0.4, 0.5) is 0 Å². The highest BCUT2D eigenvalue weighted by molar-refractivity contribution is 5.31. The van der Waals surface area contributed by atoms with Gasteiger partial charge in [-0.25, -0.2) is 0 Å². The lowest BCUT2D eigenvalue weighted by Crippen LogP contribution is -2.00. The third-order valence-electron chi connectivity index (χ3n) is 6.78. The fourth-order valence-corrected chi connectivity index (χ4v) is 5.04. The summed E-state index contributed by atoms with van der Waals surface area (Å²) >= 11 is 0. The van der Waals surface area contributed by atoms with Crippen LogP contribution in [0.25, 0.3) is 0 Å². The number of fused-ring (bicyclic) bond motifs is 3. The van der Waals surface area contributed by atoms with E-state index in [1.165, 1.54) is 77.0 Å². The molecule has 156 valence electrons. The molecule has 0 nitrogen and oxygen atoms in total. The first-order chi connectivity index (χ1) is 14.9. The van der Waals surface area contributed by atoms with E-state index in [0.29, 0.717) is 0 Å². The van der Waals surface area contributed by atoms with Gasteiger partial charge in [0.2, 0.25) is 0 Å². The largest absolute Gasteiger partial charge is 0.0620 e. The highest BCUT2D eigenvalue weighted by Gasteiger charge is 2.08. The molecule has 0 heteroatoms. The summed E-state index contributed by atoms with van der Waals surface area (Å²) in [5.74, 6) is 0. The lowest BCUT2D eigenvalue weighted by Gasteiger charge is -2.13. The van der Waals surface area contributed by atoms with Crippen LogP contribution in [0.1, 0.15) is 71.9 Å². The first-order valence-corrected chi connectivity index (χ1v) is 12.1. The van der Waals surface area contributed by atoms with Gasteiger partial charge in [-0.05, 0) is 104 Å². The monoisotopic (exact) mass is 396 g/mol. The van der Waals surface area contributed by atoms with Crippen LogP contribution in [0, 0.1) is 0 Å². The maximum absolute atomic E-state index is 2.28. The molecule has 0 saturated heterocycles. The van der Waals surface area contributed by atoms with Crippen molar-refractivity contribution in [2.24, 2.45) is 0 Å². The lowest BCUT2D eigenvalue weighted by atomic mass is 9.92. The minimum Gasteiger partial charge on any atom is -0.0620 e. The van der Waals surface area contributed by atoms with E-state index in [2.05, 4.69) is 72.8 Å². The third kappa shape index (κ3) is 5.85. The fourth-order valence-electron chi connectivity index (χ4n) is 5.04. The first-order valence-electron chi connectivity index (χ1n) is 12.1. The predicted molar refractivity (Wildman–Crippen MR) is 129 cm³/mol. The van der Waals surface area contributed by atoms with Crippen molar-refractivity contribution in [2.75, 3.05) is 0 Å². The fraction of sp³-hybridized carbons (Fsp3) is 0.400. The Labute approximate surface area is 183 Å². The van der Waals surface area contributed by atoms with Crippen molar-refractivity contribution in [3.63, 3.8) is 0 Å². The molecule has 0 saturated carbocycles. The average Bonchev–Trinajstić information content (AvgIpc) is 3.17. The zero-order valence-corrected chi connectivity index (χ0v) is 18.4. The van der Waals surface area contributed by atoms with Crippen LogP contribution >= 0.6 is 0 Å². The Morgan fingerprint density at radius 3 is 0.800 bits per heavy atom. The van der Waals surface area contributed by atoms with Crippen molar-refractivity contribution in [3.8, 4) is 0 Å². The van der Waals surface area contributed by atoms with Crippen LogP contribution in [-0.2, 0) is 38.5 Å². The summed E-state index contributed by atoms with van der Waals surface area (Å²) in [7, 11) is 0. The molecule has 0 spiro atoms. The van der Waals surface area contributed by atoms with E-state index in [1.807, 2.05) is 0 Å². The Morgan fingerprint density at radius 1 is 0.267 bits per heavy atom. The number of aryl methyl sites for hydroxylation is 6. The minimum atomic E-state index is 1.30. The standard InChI is InChI=1S/C11H14.C10H12.C9H10/c1-2-6-10-8-4-5-9-11(10)7-3-1;1-2-6-10-8-4-3-7-9(10)5-1;1-2-5-9-7-3-6-8(9)4-1/h4-5,8-9H,1-3,6-7H2;1-2,5-6H,3-4,7-8H2;1-2,4-5H,3,6-7H2. The SMILES string of the molecule is c1ccc2c(c1)CCC2.c1ccc2c(c1)CCCC2.c1ccc2c(c1)CCCCC2. The van der Waals surface area contributed by atoms with Crippen LogP contribution in [0.2, 0.25) is 0 Å². The van der Waals surface area contributed by atoms with E-state index in [1.54, 1.807) is 33.4 Å². The summed E-state index contributed by atoms with van der Waals surface area (Å²) < 4.78 is 0. The molecule has 0 radical (unpaired) electrons. The van der Waals surface area contributed by atoms with E-state index >= 15 is 0 Å². The predicted octanol–water partition coefficient (Wildman–Crippen LogP) is 7.70. The summed E-state index contributed by atoms with van der Waals surface area (Å²) in [6.07, 6.45) is 16.1. The van der Waals surface area contributed by atoms with Crippen molar-refractivity contribution in [2.45, 2.75) is 77.0 Å². The maximum atomic E-state index is 2.28. The van der Waals surface area contributed by atoms with Crippen molar-refractivity contribution in [3.05, 3.63) is 106 Å². The van der Waals surface area contributed by atoms with Crippen LogP contribution in [0.3, 0.4) is 0 Å². The zero-order valence-electron chi connectivity index (χ0n) is 18.4. The normalized spacial score (nSPS) is 16.4. The third-order valence-corrected chi connectivity index (χ3v) is 6.78. The van der Waals surface area contributed by atoms with Crippen molar-refractivity contribution >= 4 is 0 Å². The molecule has 0 bridgehead atoms. The Bertz CT molecular complexity index is 848. The molecule has 30 heavy (non-hydrogen) atoms. The van der Waals surface area contributed by atoms with Gasteiger partial charge in [0.05, 0.1) is 0 Å². The van der Waals surface area contributed by atoms with Gasteiger partial charge in [0.25, 0.3) is 0 Å². The molecule has 3 aliphatic carbocycles. The molecule has 3 aromatic carbocycles. The second-order valence-electron chi connectivity index (χ2n) is 8.93. The van der Waals surface area contributed by atoms with Crippen LogP contribution in [0.15, 0.2) is 72.8 Å². The Kier molecular flexibility index (Phi) is 7.78. The molecule has 0 aliphatic heterocycles. The quantitative estimate of drug-likeness (QED) is 0.342. The zero-order chi connectivity index (χ0) is 20.4. The van der Waals surface area contributed by atoms with Gasteiger partial charge in [0.1, 0.15) is 0 Å². The molecule has 0 fully saturated rings. The molecular weight excluding hydrogens is 360 g/mol. The van der Waals surface area contributed by atoms with E-state index < -0.39 is 0 Å². The first kappa shape index (κ1) is 20.9. The van der Waals surface area contributed by atoms with E-state index in [4.69, 9.17) is 0 Å². The van der Waals surface area contributed by atoms with Gasteiger partial charge in [0, 0.05) is 0 Å². The molecule has 0 amide bonds. The van der Waals surface area contributed by atoms with Gasteiger partial charge < -0.3 is 0 Å². The second-order valence-corrected chi connectivity index (χ2v) is 8.93. The Balaban J connectivity index is 0.000000109. The Hall–Kier alpha value is -2.34. The average molecular weight is 397 g/mol. The van der Waals surface area contributed by atoms with Crippen LogP contribution in [-0.4, -0.2) is 0 Å². The molecule has 0 atom stereocenters. The highest BCUT2D eigenvalue weighted by Crippen LogP contribution is 2.21. The second kappa shape index (κ2) is 11.2. The molecule has 0 aromatic heterocycles. The molecule has 0 unspecified atom stereocenters. The van der Waals surface area contributed by atoms with Crippen molar-refractivity contribution < 1.29 is 0 Å². The van der Waals surface area contributed by atoms with Gasteiger partial charge in [-0.1, -0.05) is 79.2 Å². The number of hydrogen-bond donors (Lipinski definition) is 0. The van der Waals surface area contributed by atoms with Gasteiger partial charge >= 0.3 is 0 Å². The smallest absolute Gasteiger partial charge is 0.0273 e. The van der Waals surface area contributed by atoms with Gasteiger partial charge in [-0.3, -0.25) is 0 Å².